The molecular weight excluding hydrogens is 204 g/mol. The van der Waals surface area contributed by atoms with Gasteiger partial charge in [-0.15, -0.1) is 0 Å². The first-order valence-electron chi connectivity index (χ1n) is 4.09. The number of anilines is 1. The standard InChI is InChI=1S/C8H6N2O5/c11-4-1-6(12)10(3-4)8-9-2-5(15-8)7(13)14/h2H,1,3H2,(H,13,14). The molecule has 1 aliphatic rings. The van der Waals surface area contributed by atoms with E-state index >= 15 is 0 Å². The Bertz CT molecular complexity index is 450. The fourth-order valence-electron chi connectivity index (χ4n) is 1.25. The summed E-state index contributed by atoms with van der Waals surface area (Å²) >= 11 is 0. The minimum atomic E-state index is -1.27. The molecule has 0 unspecified atom stereocenters. The molecule has 7 heteroatoms. The van der Waals surface area contributed by atoms with E-state index in [2.05, 4.69) is 4.98 Å². The van der Waals surface area contributed by atoms with Crippen molar-refractivity contribution in [3.05, 3.63) is 12.0 Å². The van der Waals surface area contributed by atoms with Crippen molar-refractivity contribution in [2.24, 2.45) is 0 Å². The van der Waals surface area contributed by atoms with E-state index in [0.29, 0.717) is 0 Å². The van der Waals surface area contributed by atoms with Gasteiger partial charge in [-0.1, -0.05) is 0 Å². The smallest absolute Gasteiger partial charge is 0.373 e. The van der Waals surface area contributed by atoms with Crippen molar-refractivity contribution in [3.8, 4) is 0 Å². The molecule has 0 radical (unpaired) electrons. The number of rotatable bonds is 2. The Labute approximate surface area is 83.3 Å². The summed E-state index contributed by atoms with van der Waals surface area (Å²) in [5.74, 6) is -2.31. The number of nitrogens with zero attached hydrogens (tertiary/aromatic N) is 2. The van der Waals surface area contributed by atoms with Crippen LogP contribution in [0.25, 0.3) is 0 Å². The second kappa shape index (κ2) is 3.19. The fraction of sp³-hybridized carbons (Fsp3) is 0.250. The minimum Gasteiger partial charge on any atom is -0.475 e. The van der Waals surface area contributed by atoms with Gasteiger partial charge in [-0.05, 0) is 0 Å². The number of aromatic carboxylic acids is 1. The lowest BCUT2D eigenvalue weighted by atomic mass is 10.3. The number of hydrogen-bond donors (Lipinski definition) is 1. The van der Waals surface area contributed by atoms with Crippen LogP contribution in [0.1, 0.15) is 17.0 Å². The van der Waals surface area contributed by atoms with Crippen molar-refractivity contribution in [1.29, 1.82) is 0 Å². The molecule has 7 nitrogen and oxygen atoms in total. The van der Waals surface area contributed by atoms with Crippen LogP contribution in [0.2, 0.25) is 0 Å². The number of carboxylic acids is 1. The molecule has 0 spiro atoms. The van der Waals surface area contributed by atoms with Crippen LogP contribution in [0, 0.1) is 0 Å². The van der Waals surface area contributed by atoms with Gasteiger partial charge in [-0.3, -0.25) is 14.5 Å². The van der Waals surface area contributed by atoms with Crippen molar-refractivity contribution >= 4 is 23.7 Å². The molecule has 2 heterocycles. The van der Waals surface area contributed by atoms with E-state index in [-0.39, 0.29) is 30.5 Å². The Morgan fingerprint density at radius 2 is 2.27 bits per heavy atom. The maximum atomic E-state index is 11.2. The second-order valence-corrected chi connectivity index (χ2v) is 3.01. The zero-order valence-corrected chi connectivity index (χ0v) is 7.47. The second-order valence-electron chi connectivity index (χ2n) is 3.01. The molecule has 1 aromatic heterocycles. The number of ketones is 1. The van der Waals surface area contributed by atoms with Crippen LogP contribution in [-0.4, -0.2) is 34.3 Å². The molecular formula is C8H6N2O5. The Morgan fingerprint density at radius 1 is 1.53 bits per heavy atom. The van der Waals surface area contributed by atoms with Crippen LogP contribution in [-0.2, 0) is 9.59 Å². The maximum absolute atomic E-state index is 11.2. The van der Waals surface area contributed by atoms with Gasteiger partial charge in [0.05, 0.1) is 19.2 Å². The summed E-state index contributed by atoms with van der Waals surface area (Å²) in [6.07, 6.45) is 0.804. The van der Waals surface area contributed by atoms with Crippen molar-refractivity contribution < 1.29 is 23.9 Å². The number of oxazole rings is 1. The molecule has 78 valence electrons. The lowest BCUT2D eigenvalue weighted by molar-refractivity contribution is -0.121. The summed E-state index contributed by atoms with van der Waals surface area (Å²) in [7, 11) is 0. The van der Waals surface area contributed by atoms with Gasteiger partial charge < -0.3 is 9.52 Å². The molecule has 0 aliphatic carbocycles. The highest BCUT2D eigenvalue weighted by Gasteiger charge is 2.32. The Morgan fingerprint density at radius 3 is 2.73 bits per heavy atom. The summed E-state index contributed by atoms with van der Waals surface area (Å²) < 4.78 is 4.79. The molecule has 1 aromatic rings. The predicted molar refractivity (Wildman–Crippen MR) is 45.4 cm³/mol. The van der Waals surface area contributed by atoms with Gasteiger partial charge in [0, 0.05) is 0 Å². The number of hydrogen-bond acceptors (Lipinski definition) is 5. The Kier molecular flexibility index (Phi) is 2.00. The normalized spacial score (nSPS) is 16.1. The molecule has 0 bridgehead atoms. The highest BCUT2D eigenvalue weighted by Crippen LogP contribution is 2.19. The van der Waals surface area contributed by atoms with Crippen molar-refractivity contribution in [2.75, 3.05) is 11.4 Å². The van der Waals surface area contributed by atoms with Gasteiger partial charge in [-0.2, -0.15) is 0 Å². The number of amides is 1. The van der Waals surface area contributed by atoms with Crippen molar-refractivity contribution in [3.63, 3.8) is 0 Å². The highest BCUT2D eigenvalue weighted by molar-refractivity contribution is 6.14. The molecule has 2 rings (SSSR count). The zero-order chi connectivity index (χ0) is 11.0. The van der Waals surface area contributed by atoms with Gasteiger partial charge in [0.25, 0.3) is 0 Å². The molecule has 1 amide bonds. The quantitative estimate of drug-likeness (QED) is 0.671. The van der Waals surface area contributed by atoms with E-state index in [4.69, 9.17) is 9.52 Å². The average Bonchev–Trinajstić information content (AvgIpc) is 2.71. The summed E-state index contributed by atoms with van der Waals surface area (Å²) in [4.78, 5) is 37.3. The molecule has 1 N–H and O–H groups in total. The van der Waals surface area contributed by atoms with Gasteiger partial charge >= 0.3 is 12.0 Å². The first-order valence-corrected chi connectivity index (χ1v) is 4.09. The number of carboxylic acid groups (broad SMARTS) is 1. The van der Waals surface area contributed by atoms with E-state index in [1.54, 1.807) is 0 Å². The number of carbonyl (C=O) groups is 3. The molecule has 1 saturated heterocycles. The SMILES string of the molecule is O=C1CC(=O)N(c2ncc(C(=O)O)o2)C1. The Hall–Kier alpha value is -2.18. The first kappa shape index (κ1) is 9.38. The predicted octanol–water partition coefficient (Wildman–Crippen LogP) is -0.321. The fourth-order valence-corrected chi connectivity index (χ4v) is 1.25. The van der Waals surface area contributed by atoms with E-state index in [0.717, 1.165) is 11.1 Å². The van der Waals surface area contributed by atoms with Crippen molar-refractivity contribution in [2.45, 2.75) is 6.42 Å². The van der Waals surface area contributed by atoms with Crippen LogP contribution < -0.4 is 4.90 Å². The molecule has 0 atom stereocenters. The summed E-state index contributed by atoms with van der Waals surface area (Å²) in [6.45, 7) is -0.113. The number of carbonyl (C=O) groups excluding carboxylic acids is 2. The largest absolute Gasteiger partial charge is 0.475 e. The summed E-state index contributed by atoms with van der Waals surface area (Å²) in [6, 6.07) is -0.150. The first-order chi connectivity index (χ1) is 7.08. The summed E-state index contributed by atoms with van der Waals surface area (Å²) in [5.41, 5.74) is 0. The van der Waals surface area contributed by atoms with E-state index in [1.165, 1.54) is 0 Å². The van der Waals surface area contributed by atoms with Crippen LogP contribution in [0.5, 0.6) is 0 Å². The lowest BCUT2D eigenvalue weighted by Crippen LogP contribution is -2.24. The molecule has 1 aliphatic heterocycles. The molecule has 1 fully saturated rings. The van der Waals surface area contributed by atoms with E-state index in [1.807, 2.05) is 0 Å². The monoisotopic (exact) mass is 210 g/mol. The maximum Gasteiger partial charge on any atom is 0.373 e. The minimum absolute atomic E-state index is 0.113. The van der Waals surface area contributed by atoms with Crippen LogP contribution in [0.15, 0.2) is 10.6 Å². The third-order valence-electron chi connectivity index (χ3n) is 1.92. The highest BCUT2D eigenvalue weighted by atomic mass is 16.4. The Balaban J connectivity index is 2.26. The van der Waals surface area contributed by atoms with Crippen LogP contribution >= 0.6 is 0 Å². The zero-order valence-electron chi connectivity index (χ0n) is 7.47. The third kappa shape index (κ3) is 1.58. The summed E-state index contributed by atoms with van der Waals surface area (Å²) in [5, 5.41) is 8.55. The van der Waals surface area contributed by atoms with E-state index in [9.17, 15) is 14.4 Å². The van der Waals surface area contributed by atoms with Crippen LogP contribution in [0.4, 0.5) is 6.01 Å². The molecule has 0 saturated carbocycles. The van der Waals surface area contributed by atoms with Gasteiger partial charge in [0.15, 0.2) is 5.78 Å². The number of Topliss-reactive ketones (excluding diaryl/α,β-unsaturated/α-hetero) is 1. The van der Waals surface area contributed by atoms with Crippen LogP contribution in [0.3, 0.4) is 0 Å². The van der Waals surface area contributed by atoms with Gasteiger partial charge in [-0.25, -0.2) is 9.78 Å². The lowest BCUT2D eigenvalue weighted by Gasteiger charge is -2.07. The van der Waals surface area contributed by atoms with Gasteiger partial charge in [0.1, 0.15) is 0 Å². The number of aromatic nitrogens is 1. The molecule has 15 heavy (non-hydrogen) atoms. The van der Waals surface area contributed by atoms with Crippen molar-refractivity contribution in [1.82, 2.24) is 4.98 Å². The third-order valence-corrected chi connectivity index (χ3v) is 1.92. The molecule has 0 aromatic carbocycles. The topological polar surface area (TPSA) is 101 Å². The van der Waals surface area contributed by atoms with E-state index < -0.39 is 11.9 Å². The van der Waals surface area contributed by atoms with Gasteiger partial charge in [0.2, 0.25) is 11.7 Å². The average molecular weight is 210 g/mol.